The quantitative estimate of drug-likeness (QED) is 0.250. The minimum atomic E-state index is -0.961. The first-order valence-corrected chi connectivity index (χ1v) is 18.1. The van der Waals surface area contributed by atoms with Crippen molar-refractivity contribution < 1.29 is 19.5 Å². The van der Waals surface area contributed by atoms with Crippen LogP contribution in [0.3, 0.4) is 0 Å². The summed E-state index contributed by atoms with van der Waals surface area (Å²) in [6, 6.07) is 8.95. The van der Waals surface area contributed by atoms with Crippen LogP contribution in [-0.4, -0.2) is 67.1 Å². The lowest BCUT2D eigenvalue weighted by atomic mass is 9.46. The predicted molar refractivity (Wildman–Crippen MR) is 187 cm³/mol. The molecule has 1 aromatic carbocycles. The maximum atomic E-state index is 12.9. The summed E-state index contributed by atoms with van der Waals surface area (Å²) in [5.41, 5.74) is 2.74. The highest BCUT2D eigenvalue weighted by Gasteiger charge is 2.63. The van der Waals surface area contributed by atoms with Crippen LogP contribution in [0.1, 0.15) is 97.5 Å². The van der Waals surface area contributed by atoms with Gasteiger partial charge in [-0.2, -0.15) is 0 Å². The van der Waals surface area contributed by atoms with E-state index in [0.717, 1.165) is 82.2 Å². The number of allylic oxidation sites excluding steroid dienone is 2. The van der Waals surface area contributed by atoms with Crippen LogP contribution >= 0.6 is 0 Å². The third kappa shape index (κ3) is 5.82. The van der Waals surface area contributed by atoms with Gasteiger partial charge in [-0.05, 0) is 131 Å². The van der Waals surface area contributed by atoms with Crippen molar-refractivity contribution in [2.45, 2.75) is 109 Å². The van der Waals surface area contributed by atoms with Gasteiger partial charge in [0.25, 0.3) is 5.91 Å². The molecule has 0 radical (unpaired) electrons. The molecule has 4 aliphatic carbocycles. The number of hydrogen-bond donors (Lipinski definition) is 2. The number of carbonyl (C=O) groups excluding carboxylic acids is 1. The monoisotopic (exact) mass is 643 g/mol. The molecule has 256 valence electrons. The third-order valence-corrected chi connectivity index (χ3v) is 14.2. The molecule has 7 nitrogen and oxygen atoms in total. The van der Waals surface area contributed by atoms with Crippen molar-refractivity contribution in [1.29, 1.82) is 0 Å². The molecule has 4 fully saturated rings. The van der Waals surface area contributed by atoms with Crippen molar-refractivity contribution in [3.05, 3.63) is 41.5 Å². The molecular weight excluding hydrogens is 586 g/mol. The van der Waals surface area contributed by atoms with E-state index < -0.39 is 5.60 Å². The Morgan fingerprint density at radius 3 is 2.57 bits per heavy atom. The summed E-state index contributed by atoms with van der Waals surface area (Å²) in [5, 5.41) is 18.9. The van der Waals surface area contributed by atoms with Gasteiger partial charge in [0.05, 0.1) is 12.8 Å². The Labute approximate surface area is 282 Å². The summed E-state index contributed by atoms with van der Waals surface area (Å²) in [7, 11) is 3.90. The Hall–Kier alpha value is -2.82. The van der Waals surface area contributed by atoms with Gasteiger partial charge in [0.1, 0.15) is 11.4 Å². The number of oxime groups is 1. The Balaban J connectivity index is 1.04. The molecule has 9 atom stereocenters. The van der Waals surface area contributed by atoms with Gasteiger partial charge < -0.3 is 24.9 Å². The van der Waals surface area contributed by atoms with E-state index in [0.29, 0.717) is 36.3 Å². The van der Waals surface area contributed by atoms with E-state index in [1.165, 1.54) is 11.1 Å². The van der Waals surface area contributed by atoms with E-state index >= 15 is 0 Å². The van der Waals surface area contributed by atoms with Crippen LogP contribution in [0.15, 0.2) is 41.1 Å². The number of nitrogens with one attached hydrogen (secondary N) is 1. The molecule has 1 heterocycles. The third-order valence-electron chi connectivity index (χ3n) is 14.2. The summed E-state index contributed by atoms with van der Waals surface area (Å²) < 4.78 is 5.42. The smallest absolute Gasteiger partial charge is 0.260 e. The van der Waals surface area contributed by atoms with Gasteiger partial charge in [-0.1, -0.05) is 49.6 Å². The second kappa shape index (κ2) is 12.9. The Kier molecular flexibility index (Phi) is 9.35. The molecule has 1 aliphatic heterocycles. The first kappa shape index (κ1) is 34.1. The second-order valence-electron chi connectivity index (χ2n) is 16.2. The highest BCUT2D eigenvalue weighted by atomic mass is 16.6. The van der Waals surface area contributed by atoms with Crippen molar-refractivity contribution in [1.82, 2.24) is 10.2 Å². The molecule has 0 aromatic heterocycles. The summed E-state index contributed by atoms with van der Waals surface area (Å²) in [6.07, 6.45) is 18.0. The Morgan fingerprint density at radius 1 is 1.11 bits per heavy atom. The zero-order valence-corrected chi connectivity index (χ0v) is 29.6. The SMILES string of the molecule is C#C[C@]1(O)CC[C@@H]2[C@@H]3CCC4=C/C(=N\OCC(=O)NCC[C@]5(c6ccc(OC)cc6)C[C@H](C)N(C)C[C@@H]5C)CC[C@]4(C)[C@H]3CC[C@@]21C. The van der Waals surface area contributed by atoms with Crippen LogP contribution in [0, 0.1) is 46.8 Å². The molecule has 1 saturated heterocycles. The topological polar surface area (TPSA) is 83.4 Å². The lowest BCUT2D eigenvalue weighted by Crippen LogP contribution is -2.54. The number of terminal acetylenes is 1. The fourth-order valence-corrected chi connectivity index (χ4v) is 11.0. The van der Waals surface area contributed by atoms with Crippen LogP contribution in [0.5, 0.6) is 5.75 Å². The van der Waals surface area contributed by atoms with E-state index in [1.54, 1.807) is 7.11 Å². The van der Waals surface area contributed by atoms with Crippen LogP contribution in [0.2, 0.25) is 0 Å². The number of fused-ring (bicyclic) bond motifs is 5. The summed E-state index contributed by atoms with van der Waals surface area (Å²) in [4.78, 5) is 21.0. The standard InChI is InChI=1S/C40H57N3O4/c1-8-40(45)20-17-35-33-14-11-30-23-31(15-18-37(30,4)34(33)16-19-38(35,40)5)42-47-26-36(44)41-22-21-39(24-28(3)43(6)25-27(39)2)29-9-12-32(46-7)13-10-29/h1,9-10,12-13,23,27-28,33-35,45H,11,14-22,24-26H2,2-7H3,(H,41,44)/b42-31-/t27-,28-,33+,34-,35+,37-,38-,39-,40-/m0/s1. The largest absolute Gasteiger partial charge is 0.497 e. The van der Waals surface area contributed by atoms with E-state index in [-0.39, 0.29) is 28.8 Å². The molecule has 2 N–H and O–H groups in total. The Morgan fingerprint density at radius 2 is 1.85 bits per heavy atom. The zero-order chi connectivity index (χ0) is 33.6. The summed E-state index contributed by atoms with van der Waals surface area (Å²) in [5.74, 6) is 5.70. The van der Waals surface area contributed by atoms with Crippen LogP contribution in [0.4, 0.5) is 0 Å². The molecule has 1 amide bonds. The number of aliphatic hydroxyl groups is 1. The van der Waals surface area contributed by atoms with Gasteiger partial charge >= 0.3 is 0 Å². The number of rotatable bonds is 8. The average molecular weight is 644 g/mol. The normalized spacial score (nSPS) is 40.8. The maximum absolute atomic E-state index is 12.9. The van der Waals surface area contributed by atoms with Crippen molar-refractivity contribution in [2.24, 2.45) is 39.7 Å². The fraction of sp³-hybridized carbons (Fsp3) is 0.700. The van der Waals surface area contributed by atoms with Crippen LogP contribution < -0.4 is 10.1 Å². The highest BCUT2D eigenvalue weighted by Crippen LogP contribution is 2.67. The first-order chi connectivity index (χ1) is 22.4. The molecule has 0 bridgehead atoms. The van der Waals surface area contributed by atoms with Crippen LogP contribution in [0.25, 0.3) is 0 Å². The molecular formula is C40H57N3O4. The van der Waals surface area contributed by atoms with Gasteiger partial charge in [0.2, 0.25) is 0 Å². The van der Waals surface area contributed by atoms with E-state index in [2.05, 4.69) is 74.2 Å². The molecule has 0 spiro atoms. The minimum absolute atomic E-state index is 0.0241. The number of methoxy groups -OCH3 is 1. The number of benzene rings is 1. The molecule has 7 heteroatoms. The molecule has 6 rings (SSSR count). The number of nitrogens with zero attached hydrogens (tertiary/aromatic N) is 2. The number of amides is 1. The van der Waals surface area contributed by atoms with Crippen molar-refractivity contribution in [3.8, 4) is 18.1 Å². The average Bonchev–Trinajstić information content (AvgIpc) is 3.34. The fourth-order valence-electron chi connectivity index (χ4n) is 11.0. The molecule has 3 saturated carbocycles. The maximum Gasteiger partial charge on any atom is 0.260 e. The molecule has 47 heavy (non-hydrogen) atoms. The molecule has 0 unspecified atom stereocenters. The number of hydrogen-bond acceptors (Lipinski definition) is 6. The lowest BCUT2D eigenvalue weighted by molar-refractivity contribution is -0.125. The molecule has 1 aromatic rings. The van der Waals surface area contributed by atoms with Crippen molar-refractivity contribution in [3.63, 3.8) is 0 Å². The van der Waals surface area contributed by atoms with Crippen LogP contribution in [-0.2, 0) is 15.0 Å². The predicted octanol–water partition coefficient (Wildman–Crippen LogP) is 6.50. The first-order valence-electron chi connectivity index (χ1n) is 18.1. The van der Waals surface area contributed by atoms with Crippen molar-refractivity contribution >= 4 is 11.6 Å². The van der Waals surface area contributed by atoms with Crippen molar-refractivity contribution in [2.75, 3.05) is 33.9 Å². The number of carbonyl (C=O) groups is 1. The van der Waals surface area contributed by atoms with Gasteiger partial charge in [0, 0.05) is 30.0 Å². The van der Waals surface area contributed by atoms with Gasteiger partial charge in [-0.3, -0.25) is 4.79 Å². The van der Waals surface area contributed by atoms with E-state index in [4.69, 9.17) is 16.0 Å². The minimum Gasteiger partial charge on any atom is -0.497 e. The van der Waals surface area contributed by atoms with E-state index in [9.17, 15) is 9.90 Å². The number of likely N-dealkylation sites (tertiary alicyclic amines) is 1. The van der Waals surface area contributed by atoms with Gasteiger partial charge in [-0.25, -0.2) is 0 Å². The van der Waals surface area contributed by atoms with E-state index in [1.807, 2.05) is 12.1 Å². The Bertz CT molecular complexity index is 1430. The number of ether oxygens (including phenoxy) is 1. The number of piperidine rings is 1. The highest BCUT2D eigenvalue weighted by molar-refractivity contribution is 5.96. The lowest BCUT2D eigenvalue weighted by Gasteiger charge is -2.58. The molecule has 5 aliphatic rings. The van der Waals surface area contributed by atoms with Gasteiger partial charge in [0.15, 0.2) is 6.61 Å². The summed E-state index contributed by atoms with van der Waals surface area (Å²) >= 11 is 0. The second-order valence-corrected chi connectivity index (χ2v) is 16.2. The summed E-state index contributed by atoms with van der Waals surface area (Å²) in [6.45, 7) is 10.9. The van der Waals surface area contributed by atoms with Gasteiger partial charge in [-0.15, -0.1) is 6.42 Å². The zero-order valence-electron chi connectivity index (χ0n) is 29.6.